The molecule has 8 nitrogen and oxygen atoms in total. The molecule has 1 fully saturated rings. The van der Waals surface area contributed by atoms with Crippen LogP contribution in [0, 0.1) is 12.8 Å². The first-order chi connectivity index (χ1) is 19.7. The number of rotatable bonds is 10. The minimum atomic E-state index is -0.743. The summed E-state index contributed by atoms with van der Waals surface area (Å²) in [5, 5.41) is 15.0. The summed E-state index contributed by atoms with van der Waals surface area (Å²) in [5.41, 5.74) is 5.02. The van der Waals surface area contributed by atoms with E-state index in [1.54, 1.807) is 33.3 Å². The molecule has 5 rings (SSSR count). The summed E-state index contributed by atoms with van der Waals surface area (Å²) >= 11 is 1.61. The molecular weight excluding hydrogens is 536 g/mol. The molecule has 1 saturated heterocycles. The molecule has 0 bridgehead atoms. The molecule has 0 saturated carbocycles. The second-order valence-electron chi connectivity index (χ2n) is 11.1. The van der Waals surface area contributed by atoms with Crippen LogP contribution in [0.5, 0.6) is 11.5 Å². The number of Topliss-reactive ketones (excluding diaryl/α,β-unsaturated/α-hetero) is 1. The van der Waals surface area contributed by atoms with Crippen LogP contribution in [0.1, 0.15) is 56.8 Å². The van der Waals surface area contributed by atoms with Crippen LogP contribution in [0.15, 0.2) is 72.5 Å². The number of aromatic nitrogens is 3. The fourth-order valence-electron chi connectivity index (χ4n) is 5.48. The Labute approximate surface area is 244 Å². The molecule has 4 atom stereocenters. The summed E-state index contributed by atoms with van der Waals surface area (Å²) < 4.78 is 7.49. The average Bonchev–Trinajstić information content (AvgIpc) is 3.69. The van der Waals surface area contributed by atoms with Crippen molar-refractivity contribution >= 4 is 23.0 Å². The molecule has 2 aromatic heterocycles. The molecule has 1 N–H and O–H groups in total. The SMILES string of the molecule is Cc1ncsc1-c1ccc([C@H](C)CC(=O)[C@@H]2C[C@@H](O)CN2C(=O)[C@H](C(C)C)n2cc(Oc3ccccc3)cn2)cc1. The molecule has 1 aliphatic rings. The number of aliphatic hydroxyl groups is 1. The van der Waals surface area contributed by atoms with E-state index in [9.17, 15) is 14.7 Å². The molecule has 0 radical (unpaired) electrons. The number of benzene rings is 2. The molecule has 0 unspecified atom stereocenters. The van der Waals surface area contributed by atoms with Crippen molar-refractivity contribution in [1.82, 2.24) is 19.7 Å². The quantitative estimate of drug-likeness (QED) is 0.249. The maximum Gasteiger partial charge on any atom is 0.248 e. The van der Waals surface area contributed by atoms with Gasteiger partial charge in [-0.1, -0.05) is 63.2 Å². The Morgan fingerprint density at radius 2 is 1.80 bits per heavy atom. The van der Waals surface area contributed by atoms with Gasteiger partial charge in [0, 0.05) is 19.4 Å². The van der Waals surface area contributed by atoms with Gasteiger partial charge in [0.1, 0.15) is 11.8 Å². The van der Waals surface area contributed by atoms with E-state index in [4.69, 9.17) is 4.74 Å². The van der Waals surface area contributed by atoms with Crippen molar-refractivity contribution in [1.29, 1.82) is 0 Å². The Kier molecular flexibility index (Phi) is 8.65. The predicted molar refractivity (Wildman–Crippen MR) is 159 cm³/mol. The van der Waals surface area contributed by atoms with Gasteiger partial charge in [-0.2, -0.15) is 5.10 Å². The number of likely N-dealkylation sites (tertiary alicyclic amines) is 1. The lowest BCUT2D eigenvalue weighted by atomic mass is 9.91. The van der Waals surface area contributed by atoms with Crippen LogP contribution in [0.25, 0.3) is 10.4 Å². The molecule has 1 amide bonds. The summed E-state index contributed by atoms with van der Waals surface area (Å²) in [5.74, 6) is 0.810. The highest BCUT2D eigenvalue weighted by Crippen LogP contribution is 2.32. The maximum absolute atomic E-state index is 13.9. The van der Waals surface area contributed by atoms with E-state index in [2.05, 4.69) is 34.3 Å². The van der Waals surface area contributed by atoms with Crippen LogP contribution < -0.4 is 4.74 Å². The Hall–Kier alpha value is -3.82. The zero-order valence-corrected chi connectivity index (χ0v) is 24.6. The van der Waals surface area contributed by atoms with E-state index in [0.717, 1.165) is 21.7 Å². The number of ether oxygens (including phenoxy) is 1. The van der Waals surface area contributed by atoms with Gasteiger partial charge in [-0.3, -0.25) is 14.3 Å². The first-order valence-corrected chi connectivity index (χ1v) is 14.9. The first kappa shape index (κ1) is 28.7. The summed E-state index contributed by atoms with van der Waals surface area (Å²) in [7, 11) is 0. The highest BCUT2D eigenvalue weighted by atomic mass is 32.1. The van der Waals surface area contributed by atoms with Gasteiger partial charge in [0.15, 0.2) is 11.5 Å². The number of β-amino-alcohol motifs (C(OH)–C–C–N with tert-alkyl or cyclic N) is 1. The van der Waals surface area contributed by atoms with E-state index in [-0.39, 0.29) is 42.9 Å². The Morgan fingerprint density at radius 3 is 2.46 bits per heavy atom. The first-order valence-electron chi connectivity index (χ1n) is 14.0. The minimum Gasteiger partial charge on any atom is -0.454 e. The van der Waals surface area contributed by atoms with Crippen molar-refractivity contribution in [3.05, 3.63) is 83.8 Å². The molecule has 0 aliphatic carbocycles. The molecule has 1 aliphatic heterocycles. The predicted octanol–water partition coefficient (Wildman–Crippen LogP) is 6.03. The van der Waals surface area contributed by atoms with Gasteiger partial charge in [0.05, 0.1) is 40.6 Å². The number of carbonyl (C=O) groups excluding carboxylic acids is 2. The molecule has 4 aromatic rings. The molecule has 0 spiro atoms. The standard InChI is InChI=1S/C32H36N4O4S/c1-20(2)30(36-18-27(16-34-36)40-26-8-6-5-7-9-26)32(39)35-17-25(37)15-28(35)29(38)14-21(3)23-10-12-24(13-11-23)31-22(4)33-19-41-31/h5-13,16,18-21,25,28,30,37H,14-15,17H2,1-4H3/t21-,25-,28+,30+/m1/s1. The van der Waals surface area contributed by atoms with Crippen LogP contribution in [0.3, 0.4) is 0 Å². The third-order valence-electron chi connectivity index (χ3n) is 7.65. The number of aliphatic hydroxyl groups excluding tert-OH is 1. The average molecular weight is 573 g/mol. The van der Waals surface area contributed by atoms with Crippen LogP contribution >= 0.6 is 11.3 Å². The van der Waals surface area contributed by atoms with Crippen molar-refractivity contribution in [3.8, 4) is 21.9 Å². The lowest BCUT2D eigenvalue weighted by Crippen LogP contribution is -2.45. The van der Waals surface area contributed by atoms with Crippen LogP contribution in [-0.4, -0.2) is 55.2 Å². The molecule has 3 heterocycles. The highest BCUT2D eigenvalue weighted by Gasteiger charge is 2.42. The van der Waals surface area contributed by atoms with Crippen molar-refractivity contribution < 1.29 is 19.4 Å². The van der Waals surface area contributed by atoms with Gasteiger partial charge >= 0.3 is 0 Å². The molecule has 2 aromatic carbocycles. The Morgan fingerprint density at radius 1 is 1.07 bits per heavy atom. The van der Waals surface area contributed by atoms with Gasteiger partial charge in [-0.05, 0) is 42.0 Å². The summed E-state index contributed by atoms with van der Waals surface area (Å²) in [6.45, 7) is 8.05. The number of para-hydroxylation sites is 1. The van der Waals surface area contributed by atoms with E-state index >= 15 is 0 Å². The molecule has 41 heavy (non-hydrogen) atoms. The van der Waals surface area contributed by atoms with Crippen molar-refractivity contribution in [2.75, 3.05) is 6.54 Å². The van der Waals surface area contributed by atoms with E-state index in [0.29, 0.717) is 11.5 Å². The topological polar surface area (TPSA) is 97.6 Å². The molecule has 214 valence electrons. The zero-order valence-electron chi connectivity index (χ0n) is 23.8. The largest absolute Gasteiger partial charge is 0.454 e. The second kappa shape index (κ2) is 12.4. The van der Waals surface area contributed by atoms with Crippen molar-refractivity contribution in [2.24, 2.45) is 5.92 Å². The van der Waals surface area contributed by atoms with Gasteiger partial charge < -0.3 is 14.7 Å². The van der Waals surface area contributed by atoms with E-state index in [1.807, 2.05) is 63.5 Å². The normalized spacial score (nSPS) is 18.4. The lowest BCUT2D eigenvalue weighted by molar-refractivity contribution is -0.142. The number of hydrogen-bond acceptors (Lipinski definition) is 7. The zero-order chi connectivity index (χ0) is 29.1. The third-order valence-corrected chi connectivity index (χ3v) is 8.63. The summed E-state index contributed by atoms with van der Waals surface area (Å²) in [4.78, 5) is 34.5. The summed E-state index contributed by atoms with van der Waals surface area (Å²) in [6.07, 6.45) is 3.07. The fraction of sp³-hybridized carbons (Fsp3) is 0.375. The number of ketones is 1. The lowest BCUT2D eigenvalue weighted by Gasteiger charge is -2.30. The van der Waals surface area contributed by atoms with E-state index in [1.165, 1.54) is 0 Å². The van der Waals surface area contributed by atoms with Crippen molar-refractivity contribution in [3.63, 3.8) is 0 Å². The van der Waals surface area contributed by atoms with Crippen LogP contribution in [0.4, 0.5) is 0 Å². The number of thiazole rings is 1. The fourth-order valence-corrected chi connectivity index (χ4v) is 6.30. The monoisotopic (exact) mass is 572 g/mol. The number of carbonyl (C=O) groups is 2. The Bertz CT molecular complexity index is 1480. The van der Waals surface area contributed by atoms with Gasteiger partial charge in [-0.15, -0.1) is 11.3 Å². The minimum absolute atomic E-state index is 0.0292. The Balaban J connectivity index is 1.28. The number of aryl methyl sites for hydroxylation is 1. The number of amides is 1. The third kappa shape index (κ3) is 6.41. The molecule has 9 heteroatoms. The van der Waals surface area contributed by atoms with Gasteiger partial charge in [-0.25, -0.2) is 4.98 Å². The van der Waals surface area contributed by atoms with Gasteiger partial charge in [0.25, 0.3) is 0 Å². The smallest absolute Gasteiger partial charge is 0.248 e. The number of nitrogens with zero attached hydrogens (tertiary/aromatic N) is 4. The van der Waals surface area contributed by atoms with Crippen molar-refractivity contribution in [2.45, 2.75) is 64.6 Å². The van der Waals surface area contributed by atoms with Gasteiger partial charge in [0.2, 0.25) is 5.91 Å². The van der Waals surface area contributed by atoms with Crippen LogP contribution in [-0.2, 0) is 9.59 Å². The second-order valence-corrected chi connectivity index (χ2v) is 12.0. The summed E-state index contributed by atoms with van der Waals surface area (Å²) in [6, 6.07) is 16.3. The van der Waals surface area contributed by atoms with E-state index < -0.39 is 18.2 Å². The highest BCUT2D eigenvalue weighted by molar-refractivity contribution is 7.13. The number of hydrogen-bond donors (Lipinski definition) is 1. The maximum atomic E-state index is 13.9. The molecular formula is C32H36N4O4S. The van der Waals surface area contributed by atoms with Crippen LogP contribution in [0.2, 0.25) is 0 Å².